The first-order chi connectivity index (χ1) is 8.20. The molecule has 2 nitrogen and oxygen atoms in total. The number of aliphatic hydroxyl groups excluding tert-OH is 1. The smallest absolute Gasteiger partial charge is 0.168 e. The van der Waals surface area contributed by atoms with Crippen LogP contribution in [0.4, 0.5) is 4.39 Å². The number of halogens is 2. The Hall–Kier alpha value is -1.14. The molecule has 2 rings (SSSR count). The molecule has 1 N–H and O–H groups in total. The Kier molecular flexibility index (Phi) is 3.96. The van der Waals surface area contributed by atoms with Gasteiger partial charge in [0.2, 0.25) is 0 Å². The van der Waals surface area contributed by atoms with E-state index in [-0.39, 0.29) is 12.4 Å². The minimum absolute atomic E-state index is 0.0806. The molecule has 0 atom stereocenters. The molecule has 0 amide bonds. The van der Waals surface area contributed by atoms with Crippen molar-refractivity contribution in [1.82, 2.24) is 0 Å². The number of aliphatic hydroxyl groups is 1. The van der Waals surface area contributed by atoms with Crippen LogP contribution in [0.25, 0.3) is 0 Å². The van der Waals surface area contributed by atoms with Gasteiger partial charge in [-0.2, -0.15) is 0 Å². The normalized spacial score (nSPS) is 10.3. The largest absolute Gasteiger partial charge is 0.454 e. The maximum Gasteiger partial charge on any atom is 0.168 e. The summed E-state index contributed by atoms with van der Waals surface area (Å²) in [5, 5.41) is 9.13. The number of hydrogen-bond donors (Lipinski definition) is 1. The SMILES string of the molecule is OCc1cccc(F)c1Oc1cccc(I)c1. The molecule has 0 aromatic heterocycles. The van der Waals surface area contributed by atoms with E-state index in [0.29, 0.717) is 11.3 Å². The molecular formula is C13H10FIO2. The van der Waals surface area contributed by atoms with Crippen LogP contribution in [0, 0.1) is 9.39 Å². The summed E-state index contributed by atoms with van der Waals surface area (Å²) in [6.07, 6.45) is 0. The predicted molar refractivity (Wildman–Crippen MR) is 71.6 cm³/mol. The molecule has 2 aromatic rings. The maximum absolute atomic E-state index is 13.6. The van der Waals surface area contributed by atoms with E-state index >= 15 is 0 Å². The van der Waals surface area contributed by atoms with E-state index in [0.717, 1.165) is 3.57 Å². The Morgan fingerprint density at radius 3 is 2.65 bits per heavy atom. The standard InChI is InChI=1S/C13H10FIO2/c14-12-6-1-3-9(8-16)13(12)17-11-5-2-4-10(15)7-11/h1-7,16H,8H2. The van der Waals surface area contributed by atoms with Crippen LogP contribution in [-0.2, 0) is 6.61 Å². The highest BCUT2D eigenvalue weighted by Crippen LogP contribution is 2.29. The molecule has 0 heterocycles. The summed E-state index contributed by atoms with van der Waals surface area (Å²) in [5.74, 6) is 0.157. The second-order valence-corrected chi connectivity index (χ2v) is 4.69. The van der Waals surface area contributed by atoms with Crippen LogP contribution < -0.4 is 4.74 Å². The van der Waals surface area contributed by atoms with Gasteiger partial charge in [-0.15, -0.1) is 0 Å². The average molecular weight is 344 g/mol. The lowest BCUT2D eigenvalue weighted by atomic mass is 10.2. The second-order valence-electron chi connectivity index (χ2n) is 3.45. The molecular weight excluding hydrogens is 334 g/mol. The third-order valence-electron chi connectivity index (χ3n) is 2.23. The number of rotatable bonds is 3. The lowest BCUT2D eigenvalue weighted by Crippen LogP contribution is -1.95. The van der Waals surface area contributed by atoms with Crippen LogP contribution in [-0.4, -0.2) is 5.11 Å². The maximum atomic E-state index is 13.6. The topological polar surface area (TPSA) is 29.5 Å². The number of benzene rings is 2. The number of hydrogen-bond acceptors (Lipinski definition) is 2. The molecule has 0 unspecified atom stereocenters. The molecule has 0 fully saturated rings. The van der Waals surface area contributed by atoms with E-state index in [1.807, 2.05) is 12.1 Å². The Bertz CT molecular complexity index is 529. The van der Waals surface area contributed by atoms with Gasteiger partial charge in [-0.3, -0.25) is 0 Å². The molecule has 0 saturated carbocycles. The summed E-state index contributed by atoms with van der Waals surface area (Å²) in [7, 11) is 0. The van der Waals surface area contributed by atoms with Crippen molar-refractivity contribution in [3.63, 3.8) is 0 Å². The van der Waals surface area contributed by atoms with E-state index in [9.17, 15) is 4.39 Å². The van der Waals surface area contributed by atoms with E-state index < -0.39 is 5.82 Å². The van der Waals surface area contributed by atoms with Crippen molar-refractivity contribution in [3.05, 3.63) is 57.4 Å². The Morgan fingerprint density at radius 2 is 1.94 bits per heavy atom. The number of ether oxygens (including phenoxy) is 1. The molecule has 0 bridgehead atoms. The van der Waals surface area contributed by atoms with Crippen LogP contribution in [0.3, 0.4) is 0 Å². The zero-order valence-corrected chi connectivity index (χ0v) is 11.0. The van der Waals surface area contributed by atoms with Gasteiger partial charge in [-0.25, -0.2) is 4.39 Å². The van der Waals surface area contributed by atoms with Crippen LogP contribution in [0.5, 0.6) is 11.5 Å². The highest BCUT2D eigenvalue weighted by Gasteiger charge is 2.10. The van der Waals surface area contributed by atoms with Crippen molar-refractivity contribution < 1.29 is 14.2 Å². The molecule has 0 aliphatic carbocycles. The van der Waals surface area contributed by atoms with E-state index in [2.05, 4.69) is 22.6 Å². The van der Waals surface area contributed by atoms with Crippen molar-refractivity contribution in [2.24, 2.45) is 0 Å². The van der Waals surface area contributed by atoms with E-state index in [4.69, 9.17) is 9.84 Å². The van der Waals surface area contributed by atoms with E-state index in [1.54, 1.807) is 24.3 Å². The molecule has 0 radical (unpaired) electrons. The van der Waals surface area contributed by atoms with Gasteiger partial charge in [0, 0.05) is 9.13 Å². The molecule has 88 valence electrons. The van der Waals surface area contributed by atoms with Gasteiger partial charge in [-0.1, -0.05) is 18.2 Å². The van der Waals surface area contributed by atoms with E-state index in [1.165, 1.54) is 6.07 Å². The molecule has 0 aliphatic heterocycles. The predicted octanol–water partition coefficient (Wildman–Crippen LogP) is 3.71. The fourth-order valence-electron chi connectivity index (χ4n) is 1.44. The third-order valence-corrected chi connectivity index (χ3v) is 2.91. The highest BCUT2D eigenvalue weighted by molar-refractivity contribution is 14.1. The first kappa shape index (κ1) is 12.3. The first-order valence-corrected chi connectivity index (χ1v) is 6.10. The lowest BCUT2D eigenvalue weighted by Gasteiger charge is -2.10. The molecule has 17 heavy (non-hydrogen) atoms. The minimum Gasteiger partial charge on any atom is -0.454 e. The van der Waals surface area contributed by atoms with Crippen LogP contribution in [0.1, 0.15) is 5.56 Å². The highest BCUT2D eigenvalue weighted by atomic mass is 127. The summed E-state index contributed by atoms with van der Waals surface area (Å²) in [4.78, 5) is 0. The molecule has 0 aliphatic rings. The average Bonchev–Trinajstić information content (AvgIpc) is 2.32. The van der Waals surface area contributed by atoms with Crippen LogP contribution in [0.15, 0.2) is 42.5 Å². The quantitative estimate of drug-likeness (QED) is 0.861. The Balaban J connectivity index is 2.35. The molecule has 4 heteroatoms. The van der Waals surface area contributed by atoms with Crippen molar-refractivity contribution >= 4 is 22.6 Å². The van der Waals surface area contributed by atoms with Gasteiger partial charge in [0.25, 0.3) is 0 Å². The molecule has 2 aromatic carbocycles. The summed E-state index contributed by atoms with van der Waals surface area (Å²) in [6, 6.07) is 11.8. The van der Waals surface area contributed by atoms with Crippen molar-refractivity contribution in [3.8, 4) is 11.5 Å². The van der Waals surface area contributed by atoms with Gasteiger partial charge >= 0.3 is 0 Å². The summed E-state index contributed by atoms with van der Waals surface area (Å²) < 4.78 is 20.1. The monoisotopic (exact) mass is 344 g/mol. The van der Waals surface area contributed by atoms with Gasteiger partial charge < -0.3 is 9.84 Å². The Morgan fingerprint density at radius 1 is 1.18 bits per heavy atom. The third kappa shape index (κ3) is 2.95. The fourth-order valence-corrected chi connectivity index (χ4v) is 1.96. The molecule has 0 saturated heterocycles. The minimum atomic E-state index is -0.476. The second kappa shape index (κ2) is 5.46. The Labute approximate surface area is 112 Å². The molecule has 0 spiro atoms. The zero-order chi connectivity index (χ0) is 12.3. The van der Waals surface area contributed by atoms with Crippen molar-refractivity contribution in [2.45, 2.75) is 6.61 Å². The van der Waals surface area contributed by atoms with Gasteiger partial charge in [0.1, 0.15) is 5.75 Å². The first-order valence-electron chi connectivity index (χ1n) is 5.02. The fraction of sp³-hybridized carbons (Fsp3) is 0.0769. The lowest BCUT2D eigenvalue weighted by molar-refractivity contribution is 0.274. The summed E-state index contributed by atoms with van der Waals surface area (Å²) >= 11 is 2.15. The van der Waals surface area contributed by atoms with Gasteiger partial charge in [-0.05, 0) is 46.9 Å². The zero-order valence-electron chi connectivity index (χ0n) is 8.86. The van der Waals surface area contributed by atoms with Crippen molar-refractivity contribution in [1.29, 1.82) is 0 Å². The van der Waals surface area contributed by atoms with Crippen molar-refractivity contribution in [2.75, 3.05) is 0 Å². The van der Waals surface area contributed by atoms with Crippen LogP contribution >= 0.6 is 22.6 Å². The summed E-state index contributed by atoms with van der Waals surface area (Å²) in [6.45, 7) is -0.253. The van der Waals surface area contributed by atoms with Gasteiger partial charge in [0.05, 0.1) is 6.61 Å². The van der Waals surface area contributed by atoms with Crippen LogP contribution in [0.2, 0.25) is 0 Å². The van der Waals surface area contributed by atoms with Gasteiger partial charge in [0.15, 0.2) is 11.6 Å². The summed E-state index contributed by atoms with van der Waals surface area (Å²) in [5.41, 5.74) is 0.434. The number of para-hydroxylation sites is 1.